The summed E-state index contributed by atoms with van der Waals surface area (Å²) in [6.45, 7) is 0.257. The summed E-state index contributed by atoms with van der Waals surface area (Å²) >= 11 is 15.0. The Labute approximate surface area is 163 Å². The third-order valence-electron chi connectivity index (χ3n) is 3.08. The summed E-state index contributed by atoms with van der Waals surface area (Å²) in [5.74, 6) is 2.44. The van der Waals surface area contributed by atoms with Crippen LogP contribution >= 0.6 is 94.1 Å². The molecule has 4 rings (SSSR count). The fraction of sp³-hybridized carbons (Fsp3) is 0.500. The summed E-state index contributed by atoms with van der Waals surface area (Å²) in [4.78, 5) is 0. The van der Waals surface area contributed by atoms with Gasteiger partial charge in [0.05, 0.1) is 38.6 Å². The Morgan fingerprint density at radius 2 is 1.05 bits per heavy atom. The molecule has 22 heavy (non-hydrogen) atoms. The molecule has 4 heterocycles. The smallest absolute Gasteiger partial charge is 0.0717 e. The van der Waals surface area contributed by atoms with Gasteiger partial charge in [-0.3, -0.25) is 0 Å². The van der Waals surface area contributed by atoms with E-state index in [1.165, 1.54) is 36.9 Å². The van der Waals surface area contributed by atoms with E-state index in [2.05, 4.69) is 0 Å². The van der Waals surface area contributed by atoms with E-state index in [4.69, 9.17) is 0 Å². The van der Waals surface area contributed by atoms with Crippen LogP contribution in [-0.2, 0) is 0 Å². The zero-order valence-electron chi connectivity index (χ0n) is 11.1. The molecule has 2 nitrogen and oxygen atoms in total. The molecule has 2 unspecified atom stereocenters. The van der Waals surface area contributed by atoms with E-state index in [1.807, 2.05) is 70.6 Å². The molecule has 120 valence electrons. The molecule has 0 aliphatic carbocycles. The minimum atomic E-state index is 0.104. The Morgan fingerprint density at radius 3 is 1.45 bits per heavy atom. The van der Waals surface area contributed by atoms with Crippen LogP contribution in [0.15, 0.2) is 25.4 Å². The lowest BCUT2D eigenvalue weighted by molar-refractivity contribution is 0.253. The van der Waals surface area contributed by atoms with Gasteiger partial charge in [0, 0.05) is 22.0 Å². The van der Waals surface area contributed by atoms with Crippen LogP contribution in [0.3, 0.4) is 0 Å². The maximum atomic E-state index is 9.51. The minimum Gasteiger partial charge on any atom is -0.395 e. The topological polar surface area (TPSA) is 40.5 Å². The standard InChI is InChI=1S/C12H12O2S8/c13-3-5-6(4-14)18-10-9(17-5)21-12(22-10)11-19-7-8(20-11)16-2-1-15-7/h5-6,13-14H,1-4H2. The lowest BCUT2D eigenvalue weighted by Gasteiger charge is -2.27. The monoisotopic (exact) mass is 444 g/mol. The molecule has 0 fully saturated rings. The molecule has 0 aromatic rings. The first-order valence-corrected chi connectivity index (χ1v) is 13.5. The third-order valence-corrected chi connectivity index (χ3v) is 15.6. The molecule has 0 radical (unpaired) electrons. The molecule has 4 aliphatic heterocycles. The van der Waals surface area contributed by atoms with E-state index in [0.29, 0.717) is 0 Å². The molecule has 0 bridgehead atoms. The van der Waals surface area contributed by atoms with E-state index in [9.17, 15) is 10.2 Å². The van der Waals surface area contributed by atoms with Gasteiger partial charge in [0.25, 0.3) is 0 Å². The molecule has 0 amide bonds. The van der Waals surface area contributed by atoms with Crippen LogP contribution in [0.1, 0.15) is 0 Å². The molecule has 0 aromatic carbocycles. The number of aliphatic hydroxyl groups excluding tert-OH is 2. The van der Waals surface area contributed by atoms with Gasteiger partial charge >= 0.3 is 0 Å². The lowest BCUT2D eigenvalue weighted by atomic mass is 10.3. The van der Waals surface area contributed by atoms with Gasteiger partial charge in [0.2, 0.25) is 0 Å². The highest BCUT2D eigenvalue weighted by molar-refractivity contribution is 8.45. The average molecular weight is 445 g/mol. The normalized spacial score (nSPS) is 31.9. The maximum Gasteiger partial charge on any atom is 0.0717 e. The van der Waals surface area contributed by atoms with Gasteiger partial charge in [-0.1, -0.05) is 47.0 Å². The van der Waals surface area contributed by atoms with Crippen molar-refractivity contribution in [3.05, 3.63) is 25.4 Å². The fourth-order valence-electron chi connectivity index (χ4n) is 2.04. The van der Waals surface area contributed by atoms with Crippen LogP contribution < -0.4 is 0 Å². The van der Waals surface area contributed by atoms with Crippen molar-refractivity contribution < 1.29 is 10.2 Å². The van der Waals surface area contributed by atoms with E-state index in [1.54, 1.807) is 23.5 Å². The third kappa shape index (κ3) is 3.43. The Balaban J connectivity index is 1.50. The van der Waals surface area contributed by atoms with Gasteiger partial charge in [-0.05, 0) is 0 Å². The summed E-state index contributed by atoms with van der Waals surface area (Å²) in [6, 6.07) is 0. The summed E-state index contributed by atoms with van der Waals surface area (Å²) in [6.07, 6.45) is 0. The highest BCUT2D eigenvalue weighted by atomic mass is 32.3. The maximum absolute atomic E-state index is 9.51. The number of hydrogen-bond acceptors (Lipinski definition) is 10. The summed E-state index contributed by atoms with van der Waals surface area (Å²) in [5, 5.41) is 19.2. The molecule has 0 aromatic heterocycles. The highest BCUT2D eigenvalue weighted by Crippen LogP contribution is 2.68. The van der Waals surface area contributed by atoms with Crippen LogP contribution in [0.5, 0.6) is 0 Å². The van der Waals surface area contributed by atoms with Crippen LogP contribution in [0.4, 0.5) is 0 Å². The molecular formula is C12H12O2S8. The van der Waals surface area contributed by atoms with Gasteiger partial charge < -0.3 is 10.2 Å². The Hall–Kier alpha value is 1.94. The molecular weight excluding hydrogens is 433 g/mol. The first-order valence-electron chi connectivity index (χ1n) is 6.53. The van der Waals surface area contributed by atoms with Crippen molar-refractivity contribution in [2.24, 2.45) is 0 Å². The second-order valence-corrected chi connectivity index (χ2v) is 14.8. The van der Waals surface area contributed by atoms with Crippen LogP contribution in [0, 0.1) is 0 Å². The van der Waals surface area contributed by atoms with Crippen molar-refractivity contribution in [2.75, 3.05) is 24.7 Å². The second-order valence-electron chi connectivity index (χ2n) is 4.51. The molecule has 0 spiro atoms. The SMILES string of the molecule is OCC1SC2=C(SC(=C3SC4=C(SCCS4)S3)S2)SC1CO. The van der Waals surface area contributed by atoms with Crippen LogP contribution in [0.2, 0.25) is 0 Å². The zero-order chi connectivity index (χ0) is 15.1. The Kier molecular flexibility index (Phi) is 6.05. The van der Waals surface area contributed by atoms with Crippen molar-refractivity contribution in [1.29, 1.82) is 0 Å². The van der Waals surface area contributed by atoms with Crippen molar-refractivity contribution >= 4 is 94.1 Å². The fourth-order valence-corrected chi connectivity index (χ4v) is 14.7. The summed E-state index contributed by atoms with van der Waals surface area (Å²) in [5.41, 5.74) is 0. The first-order chi connectivity index (χ1) is 10.8. The summed E-state index contributed by atoms with van der Waals surface area (Å²) in [7, 11) is 0. The average Bonchev–Trinajstić information content (AvgIpc) is 3.16. The van der Waals surface area contributed by atoms with Gasteiger partial charge in [0.15, 0.2) is 0 Å². The molecule has 0 saturated carbocycles. The predicted molar refractivity (Wildman–Crippen MR) is 113 cm³/mol. The van der Waals surface area contributed by atoms with Crippen molar-refractivity contribution in [3.63, 3.8) is 0 Å². The largest absolute Gasteiger partial charge is 0.395 e. The van der Waals surface area contributed by atoms with Gasteiger partial charge in [-0.15, -0.1) is 47.0 Å². The molecule has 0 saturated heterocycles. The number of aliphatic hydroxyl groups is 2. The molecule has 10 heteroatoms. The zero-order valence-corrected chi connectivity index (χ0v) is 17.7. The lowest BCUT2D eigenvalue weighted by Crippen LogP contribution is -2.29. The predicted octanol–water partition coefficient (Wildman–Crippen LogP) is 5.01. The van der Waals surface area contributed by atoms with Gasteiger partial charge in [-0.2, -0.15) is 0 Å². The van der Waals surface area contributed by atoms with E-state index in [0.717, 1.165) is 0 Å². The second kappa shape index (κ2) is 7.67. The Bertz CT molecular complexity index is 538. The van der Waals surface area contributed by atoms with Crippen molar-refractivity contribution in [2.45, 2.75) is 10.5 Å². The van der Waals surface area contributed by atoms with Crippen LogP contribution in [-0.4, -0.2) is 45.4 Å². The minimum absolute atomic E-state index is 0.104. The highest BCUT2D eigenvalue weighted by Gasteiger charge is 2.38. The van der Waals surface area contributed by atoms with Crippen molar-refractivity contribution in [3.8, 4) is 0 Å². The molecule has 2 N–H and O–H groups in total. The van der Waals surface area contributed by atoms with E-state index >= 15 is 0 Å². The van der Waals surface area contributed by atoms with E-state index < -0.39 is 0 Å². The van der Waals surface area contributed by atoms with Gasteiger partial charge in [-0.25, -0.2) is 0 Å². The van der Waals surface area contributed by atoms with Gasteiger partial charge in [0.1, 0.15) is 0 Å². The summed E-state index contributed by atoms with van der Waals surface area (Å²) < 4.78 is 8.39. The molecule has 4 aliphatic rings. The first kappa shape index (κ1) is 17.4. The number of hydrogen-bond donors (Lipinski definition) is 2. The quantitative estimate of drug-likeness (QED) is 0.607. The van der Waals surface area contributed by atoms with E-state index in [-0.39, 0.29) is 23.7 Å². The Morgan fingerprint density at radius 1 is 0.636 bits per heavy atom. The van der Waals surface area contributed by atoms with Crippen LogP contribution in [0.25, 0.3) is 0 Å². The van der Waals surface area contributed by atoms with Crippen molar-refractivity contribution in [1.82, 2.24) is 0 Å². The number of rotatable bonds is 2. The molecule has 2 atom stereocenters. The number of thioether (sulfide) groups is 8.